The standard InChI is InChI=1S/C12H19N3/c1-13-7-9-3-2-4-10-11(9)12(15-14-10)8-5-6-8/h8-9,13H,2-7H2,1H3,(H,14,15). The van der Waals surface area contributed by atoms with Gasteiger partial charge in [-0.25, -0.2) is 0 Å². The van der Waals surface area contributed by atoms with E-state index in [1.54, 1.807) is 5.56 Å². The van der Waals surface area contributed by atoms with Gasteiger partial charge in [-0.15, -0.1) is 0 Å². The van der Waals surface area contributed by atoms with Crippen molar-refractivity contribution in [2.24, 2.45) is 0 Å². The van der Waals surface area contributed by atoms with Crippen molar-refractivity contribution in [1.82, 2.24) is 15.5 Å². The second-order valence-corrected chi connectivity index (χ2v) is 4.92. The van der Waals surface area contributed by atoms with E-state index in [2.05, 4.69) is 15.5 Å². The maximum atomic E-state index is 4.54. The first-order valence-electron chi connectivity index (χ1n) is 6.11. The summed E-state index contributed by atoms with van der Waals surface area (Å²) < 4.78 is 0. The number of likely N-dealkylation sites (N-methyl/N-ethyl adjacent to an activating group) is 1. The molecule has 2 aliphatic rings. The second kappa shape index (κ2) is 3.63. The highest BCUT2D eigenvalue weighted by Crippen LogP contribution is 2.45. The van der Waals surface area contributed by atoms with Gasteiger partial charge >= 0.3 is 0 Å². The van der Waals surface area contributed by atoms with E-state index < -0.39 is 0 Å². The lowest BCUT2D eigenvalue weighted by atomic mass is 9.84. The lowest BCUT2D eigenvalue weighted by molar-refractivity contribution is 0.523. The lowest BCUT2D eigenvalue weighted by Gasteiger charge is -2.22. The quantitative estimate of drug-likeness (QED) is 0.791. The molecule has 3 nitrogen and oxygen atoms in total. The molecule has 1 saturated carbocycles. The van der Waals surface area contributed by atoms with Crippen LogP contribution in [-0.4, -0.2) is 23.8 Å². The zero-order chi connectivity index (χ0) is 10.3. The Hall–Kier alpha value is -0.830. The van der Waals surface area contributed by atoms with Gasteiger partial charge in [0.25, 0.3) is 0 Å². The van der Waals surface area contributed by atoms with E-state index >= 15 is 0 Å². The predicted molar refractivity (Wildman–Crippen MR) is 60.2 cm³/mol. The minimum Gasteiger partial charge on any atom is -0.319 e. The summed E-state index contributed by atoms with van der Waals surface area (Å²) in [6.07, 6.45) is 6.54. The number of fused-ring (bicyclic) bond motifs is 1. The summed E-state index contributed by atoms with van der Waals surface area (Å²) in [5.74, 6) is 1.48. The molecule has 0 amide bonds. The molecule has 1 aromatic rings. The zero-order valence-corrected chi connectivity index (χ0v) is 9.34. The van der Waals surface area contributed by atoms with E-state index in [0.29, 0.717) is 5.92 Å². The molecule has 0 aromatic carbocycles. The molecule has 0 bridgehead atoms. The van der Waals surface area contributed by atoms with Crippen LogP contribution in [0.3, 0.4) is 0 Å². The van der Waals surface area contributed by atoms with Crippen molar-refractivity contribution in [1.29, 1.82) is 0 Å². The highest BCUT2D eigenvalue weighted by molar-refractivity contribution is 5.36. The maximum Gasteiger partial charge on any atom is 0.0691 e. The number of aromatic nitrogens is 2. The van der Waals surface area contributed by atoms with E-state index in [1.807, 2.05) is 7.05 Å². The molecular formula is C12H19N3. The predicted octanol–water partition coefficient (Wildman–Crippen LogP) is 1.93. The number of H-pyrrole nitrogens is 1. The molecule has 2 aliphatic carbocycles. The van der Waals surface area contributed by atoms with Crippen molar-refractivity contribution in [3.05, 3.63) is 17.0 Å². The number of aryl methyl sites for hydroxylation is 1. The van der Waals surface area contributed by atoms with Crippen LogP contribution in [0.15, 0.2) is 0 Å². The molecule has 1 unspecified atom stereocenters. The third kappa shape index (κ3) is 1.59. The van der Waals surface area contributed by atoms with Crippen LogP contribution in [-0.2, 0) is 6.42 Å². The van der Waals surface area contributed by atoms with Crippen molar-refractivity contribution in [3.63, 3.8) is 0 Å². The first-order valence-corrected chi connectivity index (χ1v) is 6.11. The molecule has 0 saturated heterocycles. The topological polar surface area (TPSA) is 40.7 Å². The SMILES string of the molecule is CNCC1CCCc2[nH]nc(C3CC3)c21. The molecule has 1 atom stereocenters. The van der Waals surface area contributed by atoms with Gasteiger partial charge in [0.2, 0.25) is 0 Å². The third-order valence-corrected chi connectivity index (χ3v) is 3.71. The summed E-state index contributed by atoms with van der Waals surface area (Å²) in [4.78, 5) is 0. The minimum absolute atomic E-state index is 0.702. The van der Waals surface area contributed by atoms with Crippen LogP contribution < -0.4 is 5.32 Å². The molecule has 0 spiro atoms. The second-order valence-electron chi connectivity index (χ2n) is 4.92. The molecular weight excluding hydrogens is 186 g/mol. The molecule has 3 heteroatoms. The van der Waals surface area contributed by atoms with Gasteiger partial charge in [0.1, 0.15) is 0 Å². The van der Waals surface area contributed by atoms with Crippen LogP contribution in [0.1, 0.15) is 54.5 Å². The van der Waals surface area contributed by atoms with Crippen LogP contribution in [0, 0.1) is 0 Å². The number of hydrogen-bond acceptors (Lipinski definition) is 2. The number of nitrogens with zero attached hydrogens (tertiary/aromatic N) is 1. The average molecular weight is 205 g/mol. The summed E-state index contributed by atoms with van der Waals surface area (Å²) >= 11 is 0. The molecule has 1 aromatic heterocycles. The summed E-state index contributed by atoms with van der Waals surface area (Å²) in [6.45, 7) is 1.10. The van der Waals surface area contributed by atoms with Gasteiger partial charge in [-0.2, -0.15) is 5.10 Å². The van der Waals surface area contributed by atoms with Gasteiger partial charge in [0.15, 0.2) is 0 Å². The van der Waals surface area contributed by atoms with Crippen LogP contribution in [0.5, 0.6) is 0 Å². The van der Waals surface area contributed by atoms with E-state index in [-0.39, 0.29) is 0 Å². The van der Waals surface area contributed by atoms with Gasteiger partial charge in [-0.3, -0.25) is 5.10 Å². The molecule has 1 fully saturated rings. The summed E-state index contributed by atoms with van der Waals surface area (Å²) in [6, 6.07) is 0. The molecule has 1 heterocycles. The molecule has 3 rings (SSSR count). The van der Waals surface area contributed by atoms with E-state index in [9.17, 15) is 0 Å². The van der Waals surface area contributed by atoms with E-state index in [1.165, 1.54) is 43.5 Å². The average Bonchev–Trinajstić information content (AvgIpc) is 3.00. The molecule has 0 aliphatic heterocycles. The summed E-state index contributed by atoms with van der Waals surface area (Å²) in [5, 5.41) is 11.1. The smallest absolute Gasteiger partial charge is 0.0691 e. The lowest BCUT2D eigenvalue weighted by Crippen LogP contribution is -2.21. The van der Waals surface area contributed by atoms with Crippen molar-refractivity contribution < 1.29 is 0 Å². The Kier molecular flexibility index (Phi) is 2.28. The zero-order valence-electron chi connectivity index (χ0n) is 9.34. The molecule has 82 valence electrons. The van der Waals surface area contributed by atoms with Crippen molar-refractivity contribution in [2.45, 2.75) is 43.9 Å². The van der Waals surface area contributed by atoms with Gasteiger partial charge in [0.05, 0.1) is 5.69 Å². The Balaban J connectivity index is 1.95. The number of nitrogens with one attached hydrogen (secondary N) is 2. The van der Waals surface area contributed by atoms with Crippen molar-refractivity contribution in [2.75, 3.05) is 13.6 Å². The Morgan fingerprint density at radius 2 is 2.27 bits per heavy atom. The largest absolute Gasteiger partial charge is 0.319 e. The first-order chi connectivity index (χ1) is 7.40. The van der Waals surface area contributed by atoms with Crippen LogP contribution in [0.25, 0.3) is 0 Å². The summed E-state index contributed by atoms with van der Waals surface area (Å²) in [7, 11) is 2.05. The van der Waals surface area contributed by atoms with E-state index in [4.69, 9.17) is 0 Å². The fraction of sp³-hybridized carbons (Fsp3) is 0.750. The molecule has 15 heavy (non-hydrogen) atoms. The van der Waals surface area contributed by atoms with Gasteiger partial charge in [0, 0.05) is 29.6 Å². The number of aromatic amines is 1. The van der Waals surface area contributed by atoms with Gasteiger partial charge in [-0.05, 0) is 39.2 Å². The Bertz CT molecular complexity index is 352. The molecule has 0 radical (unpaired) electrons. The summed E-state index contributed by atoms with van der Waals surface area (Å²) in [5.41, 5.74) is 4.38. The van der Waals surface area contributed by atoms with Crippen LogP contribution in [0.4, 0.5) is 0 Å². The number of rotatable bonds is 3. The fourth-order valence-electron chi connectivity index (χ4n) is 2.84. The first kappa shape index (κ1) is 9.40. The van der Waals surface area contributed by atoms with Crippen LogP contribution >= 0.6 is 0 Å². The third-order valence-electron chi connectivity index (χ3n) is 3.71. The monoisotopic (exact) mass is 205 g/mol. The highest BCUT2D eigenvalue weighted by Gasteiger charge is 2.34. The van der Waals surface area contributed by atoms with Gasteiger partial charge < -0.3 is 5.32 Å². The fourth-order valence-corrected chi connectivity index (χ4v) is 2.84. The Morgan fingerprint density at radius 3 is 3.00 bits per heavy atom. The Morgan fingerprint density at radius 1 is 1.40 bits per heavy atom. The van der Waals surface area contributed by atoms with Crippen molar-refractivity contribution in [3.8, 4) is 0 Å². The minimum atomic E-state index is 0.702. The number of hydrogen-bond donors (Lipinski definition) is 2. The molecule has 2 N–H and O–H groups in total. The van der Waals surface area contributed by atoms with Crippen molar-refractivity contribution >= 4 is 0 Å². The highest BCUT2D eigenvalue weighted by atomic mass is 15.1. The normalized spacial score (nSPS) is 25.3. The van der Waals surface area contributed by atoms with E-state index in [0.717, 1.165) is 12.5 Å². The maximum absolute atomic E-state index is 4.54. The van der Waals surface area contributed by atoms with Crippen LogP contribution in [0.2, 0.25) is 0 Å². The Labute approximate surface area is 90.7 Å². The van der Waals surface area contributed by atoms with Gasteiger partial charge in [-0.1, -0.05) is 0 Å².